The van der Waals surface area contributed by atoms with Crippen LogP contribution in [0, 0.1) is 5.92 Å². The summed E-state index contributed by atoms with van der Waals surface area (Å²) in [7, 11) is 2.81. The van der Waals surface area contributed by atoms with Gasteiger partial charge in [-0.2, -0.15) is 0 Å². The van der Waals surface area contributed by atoms with Crippen LogP contribution in [0.4, 0.5) is 0 Å². The van der Waals surface area contributed by atoms with Crippen LogP contribution in [0.15, 0.2) is 35.6 Å². The number of phenolic OH excluding ortho intramolecular Hbond substituents is 1. The minimum atomic E-state index is -0.323. The summed E-state index contributed by atoms with van der Waals surface area (Å²) in [6.07, 6.45) is 3.05. The molecule has 1 N–H and O–H groups in total. The molecule has 3 rings (SSSR count). The molecule has 0 saturated heterocycles. The monoisotopic (exact) mass is 316 g/mol. The summed E-state index contributed by atoms with van der Waals surface area (Å²) in [5.41, 5.74) is 1.23. The van der Waals surface area contributed by atoms with Crippen molar-refractivity contribution in [3.63, 3.8) is 0 Å². The molecule has 0 aromatic heterocycles. The Hall–Kier alpha value is -2.76. The number of hydrogen-bond acceptors (Lipinski definition) is 6. The molecule has 0 spiro atoms. The first-order valence-corrected chi connectivity index (χ1v) is 7.12. The van der Waals surface area contributed by atoms with Crippen LogP contribution in [-0.4, -0.2) is 37.5 Å². The normalized spacial score (nSPS) is 20.2. The Morgan fingerprint density at radius 3 is 2.61 bits per heavy atom. The quantitative estimate of drug-likeness (QED) is 0.852. The number of phenols is 1. The van der Waals surface area contributed by atoms with Gasteiger partial charge < -0.3 is 19.3 Å². The number of fused-ring (bicyclic) bond motifs is 1. The van der Waals surface area contributed by atoms with E-state index in [9.17, 15) is 14.7 Å². The number of ketones is 2. The Morgan fingerprint density at radius 2 is 1.91 bits per heavy atom. The number of allylic oxidation sites excluding steroid dienone is 2. The summed E-state index contributed by atoms with van der Waals surface area (Å²) >= 11 is 0. The molecule has 1 unspecified atom stereocenters. The average molecular weight is 316 g/mol. The van der Waals surface area contributed by atoms with Gasteiger partial charge in [-0.25, -0.2) is 0 Å². The van der Waals surface area contributed by atoms with E-state index in [-0.39, 0.29) is 41.3 Å². The van der Waals surface area contributed by atoms with E-state index in [0.717, 1.165) is 5.56 Å². The molecule has 0 radical (unpaired) electrons. The highest BCUT2D eigenvalue weighted by Crippen LogP contribution is 2.43. The maximum atomic E-state index is 12.2. The molecular weight excluding hydrogens is 300 g/mol. The van der Waals surface area contributed by atoms with Crippen molar-refractivity contribution in [2.75, 3.05) is 20.8 Å². The van der Waals surface area contributed by atoms with Gasteiger partial charge in [-0.15, -0.1) is 0 Å². The highest BCUT2D eigenvalue weighted by Gasteiger charge is 2.32. The molecule has 0 amide bonds. The van der Waals surface area contributed by atoms with Gasteiger partial charge in [0.15, 0.2) is 23.0 Å². The molecule has 0 fully saturated rings. The number of hydrogen-bond donors (Lipinski definition) is 1. The van der Waals surface area contributed by atoms with Gasteiger partial charge in [-0.1, -0.05) is 6.07 Å². The molecule has 6 nitrogen and oxygen atoms in total. The average Bonchev–Trinajstić information content (AvgIpc) is 2.56. The van der Waals surface area contributed by atoms with Gasteiger partial charge in [0.05, 0.1) is 20.8 Å². The maximum Gasteiger partial charge on any atom is 0.220 e. The van der Waals surface area contributed by atoms with Gasteiger partial charge >= 0.3 is 0 Å². The Bertz CT molecular complexity index is 744. The Labute approximate surface area is 133 Å². The van der Waals surface area contributed by atoms with Gasteiger partial charge in [0, 0.05) is 17.6 Å². The summed E-state index contributed by atoms with van der Waals surface area (Å²) in [6.45, 7) is 0.230. The lowest BCUT2D eigenvalue weighted by atomic mass is 9.85. The van der Waals surface area contributed by atoms with Crippen LogP contribution >= 0.6 is 0 Å². The van der Waals surface area contributed by atoms with Crippen LogP contribution in [0.5, 0.6) is 17.2 Å². The zero-order valence-electron chi connectivity index (χ0n) is 12.8. The zero-order chi connectivity index (χ0) is 16.6. The first-order valence-electron chi connectivity index (χ1n) is 7.12. The van der Waals surface area contributed by atoms with Crippen molar-refractivity contribution in [2.45, 2.75) is 6.42 Å². The van der Waals surface area contributed by atoms with E-state index in [1.54, 1.807) is 6.07 Å². The number of ether oxygens (including phenoxy) is 3. The molecular formula is C17H16O6. The molecule has 1 aromatic rings. The van der Waals surface area contributed by atoms with E-state index in [4.69, 9.17) is 14.2 Å². The number of rotatable bonds is 3. The van der Waals surface area contributed by atoms with Gasteiger partial charge in [-0.3, -0.25) is 9.59 Å². The maximum absolute atomic E-state index is 12.2. The third-order valence-electron chi connectivity index (χ3n) is 4.01. The summed E-state index contributed by atoms with van der Waals surface area (Å²) < 4.78 is 15.7. The molecule has 1 aromatic carbocycles. The molecule has 23 heavy (non-hydrogen) atoms. The highest BCUT2D eigenvalue weighted by molar-refractivity contribution is 6.19. The van der Waals surface area contributed by atoms with Gasteiger partial charge in [0.25, 0.3) is 0 Å². The number of carbonyl (C=O) groups is 2. The van der Waals surface area contributed by atoms with Crippen molar-refractivity contribution in [3.05, 3.63) is 41.2 Å². The third-order valence-corrected chi connectivity index (χ3v) is 4.01. The second kappa shape index (κ2) is 5.79. The lowest BCUT2D eigenvalue weighted by molar-refractivity contribution is -0.117. The first kappa shape index (κ1) is 15.1. The molecule has 1 heterocycles. The summed E-state index contributed by atoms with van der Waals surface area (Å²) in [5.74, 6) is 0.000793. The fraction of sp³-hybridized carbons (Fsp3) is 0.294. The molecule has 0 saturated carbocycles. The number of benzene rings is 1. The van der Waals surface area contributed by atoms with Crippen molar-refractivity contribution in [1.29, 1.82) is 0 Å². The number of carbonyl (C=O) groups excluding carboxylic acids is 2. The number of aromatic hydroxyl groups is 1. The lowest BCUT2D eigenvalue weighted by Crippen LogP contribution is -2.28. The van der Waals surface area contributed by atoms with Crippen molar-refractivity contribution in [1.82, 2.24) is 0 Å². The van der Waals surface area contributed by atoms with Crippen LogP contribution < -0.4 is 9.47 Å². The van der Waals surface area contributed by atoms with Crippen LogP contribution in [0.2, 0.25) is 0 Å². The predicted molar refractivity (Wildman–Crippen MR) is 80.5 cm³/mol. The molecule has 1 atom stereocenters. The SMILES string of the molecule is COC1=CC(=O)C(C2COc3c(ccc(O)c3OC)C2)=CC1=O. The second-order valence-corrected chi connectivity index (χ2v) is 5.36. The van der Waals surface area contributed by atoms with Crippen LogP contribution in [0.1, 0.15) is 5.56 Å². The minimum Gasteiger partial charge on any atom is -0.504 e. The zero-order valence-corrected chi connectivity index (χ0v) is 12.8. The molecule has 1 aliphatic carbocycles. The second-order valence-electron chi connectivity index (χ2n) is 5.36. The molecule has 6 heteroatoms. The van der Waals surface area contributed by atoms with E-state index in [2.05, 4.69) is 0 Å². The van der Waals surface area contributed by atoms with Gasteiger partial charge in [0.2, 0.25) is 11.5 Å². The van der Waals surface area contributed by atoms with E-state index in [0.29, 0.717) is 17.7 Å². The predicted octanol–water partition coefficient (Wildman–Crippen LogP) is 1.56. The minimum absolute atomic E-state index is 0.000468. The fourth-order valence-electron chi connectivity index (χ4n) is 2.85. The van der Waals surface area contributed by atoms with Crippen molar-refractivity contribution in [3.8, 4) is 17.2 Å². The van der Waals surface area contributed by atoms with Gasteiger partial charge in [0.1, 0.15) is 0 Å². The van der Waals surface area contributed by atoms with Crippen molar-refractivity contribution < 1.29 is 28.9 Å². The summed E-state index contributed by atoms with van der Waals surface area (Å²) in [4.78, 5) is 24.1. The molecule has 2 aliphatic rings. The largest absolute Gasteiger partial charge is 0.504 e. The third kappa shape index (κ3) is 2.56. The smallest absolute Gasteiger partial charge is 0.220 e. The Kier molecular flexibility index (Phi) is 3.82. The lowest BCUT2D eigenvalue weighted by Gasteiger charge is -2.28. The summed E-state index contributed by atoms with van der Waals surface area (Å²) in [5, 5.41) is 9.78. The van der Waals surface area contributed by atoms with Crippen LogP contribution in [0.25, 0.3) is 0 Å². The first-order chi connectivity index (χ1) is 11.0. The molecule has 120 valence electrons. The van der Waals surface area contributed by atoms with E-state index < -0.39 is 0 Å². The van der Waals surface area contributed by atoms with Gasteiger partial charge in [-0.05, 0) is 24.1 Å². The summed E-state index contributed by atoms with van der Waals surface area (Å²) in [6, 6.07) is 3.25. The Morgan fingerprint density at radius 1 is 1.13 bits per heavy atom. The van der Waals surface area contributed by atoms with Crippen molar-refractivity contribution >= 4 is 11.6 Å². The van der Waals surface area contributed by atoms with Crippen LogP contribution in [0.3, 0.4) is 0 Å². The Balaban J connectivity index is 1.89. The van der Waals surface area contributed by atoms with Crippen molar-refractivity contribution in [2.24, 2.45) is 5.92 Å². The van der Waals surface area contributed by atoms with Crippen LogP contribution in [-0.2, 0) is 20.7 Å². The fourth-order valence-corrected chi connectivity index (χ4v) is 2.85. The number of methoxy groups -OCH3 is 2. The molecule has 1 aliphatic heterocycles. The standard InChI is InChI=1S/C17H16O6/c1-21-15-7-13(19)11(6-14(15)20)10-5-9-3-4-12(18)17(22-2)16(9)23-8-10/h3-4,6-7,10,18H,5,8H2,1-2H3. The van der Waals surface area contributed by atoms with E-state index >= 15 is 0 Å². The highest BCUT2D eigenvalue weighted by atomic mass is 16.5. The molecule has 0 bridgehead atoms. The van der Waals surface area contributed by atoms with E-state index in [1.807, 2.05) is 0 Å². The van der Waals surface area contributed by atoms with E-state index in [1.165, 1.54) is 32.4 Å². The topological polar surface area (TPSA) is 82.1 Å².